The highest BCUT2D eigenvalue weighted by Gasteiger charge is 2.16. The molecule has 0 saturated heterocycles. The third kappa shape index (κ3) is 5.53. The Balaban J connectivity index is 1.95. The molecule has 0 heterocycles. The van der Waals surface area contributed by atoms with Gasteiger partial charge in [-0.3, -0.25) is 0 Å². The molecule has 2 amide bonds. The van der Waals surface area contributed by atoms with E-state index in [1.165, 1.54) is 17.0 Å². The number of urea groups is 1. The van der Waals surface area contributed by atoms with Gasteiger partial charge in [-0.05, 0) is 17.2 Å². The van der Waals surface area contributed by atoms with Gasteiger partial charge in [-0.15, -0.1) is 0 Å². The van der Waals surface area contributed by atoms with Crippen molar-refractivity contribution in [2.45, 2.75) is 19.4 Å². The average Bonchev–Trinajstić information content (AvgIpc) is 2.60. The van der Waals surface area contributed by atoms with Gasteiger partial charge in [0.05, 0.1) is 6.61 Å². The second-order valence-electron chi connectivity index (χ2n) is 5.88. The van der Waals surface area contributed by atoms with Gasteiger partial charge in [0, 0.05) is 31.6 Å². The minimum atomic E-state index is -0.630. The van der Waals surface area contributed by atoms with E-state index >= 15 is 0 Å². The maximum absolute atomic E-state index is 13.8. The number of aliphatic hydroxyl groups is 1. The lowest BCUT2D eigenvalue weighted by Gasteiger charge is -2.23. The Labute approximate surface area is 146 Å². The van der Waals surface area contributed by atoms with Crippen molar-refractivity contribution in [1.29, 1.82) is 0 Å². The van der Waals surface area contributed by atoms with Crippen molar-refractivity contribution < 1.29 is 18.7 Å². The molecule has 2 N–H and O–H groups in total. The fraction of sp³-hybridized carbons (Fsp3) is 0.316. The highest BCUT2D eigenvalue weighted by molar-refractivity contribution is 5.74. The highest BCUT2D eigenvalue weighted by Crippen LogP contribution is 2.19. The standard InChI is InChI=1S/C19H22F2N2O2/c1-14(17-8-7-16(20)11-18(17)21)12-22-19(25)23(9-10-24)13-15-5-3-2-4-6-15/h2-8,11,14,24H,9-10,12-13H2,1H3,(H,22,25). The van der Waals surface area contributed by atoms with Crippen LogP contribution in [0.15, 0.2) is 48.5 Å². The Morgan fingerprint density at radius 1 is 1.20 bits per heavy atom. The summed E-state index contributed by atoms with van der Waals surface area (Å²) < 4.78 is 26.8. The lowest BCUT2D eigenvalue weighted by molar-refractivity contribution is 0.173. The van der Waals surface area contributed by atoms with Crippen LogP contribution in [0.5, 0.6) is 0 Å². The number of amides is 2. The van der Waals surface area contributed by atoms with E-state index in [0.29, 0.717) is 12.1 Å². The summed E-state index contributed by atoms with van der Waals surface area (Å²) in [5.41, 5.74) is 1.29. The Kier molecular flexibility index (Phi) is 6.89. The third-order valence-electron chi connectivity index (χ3n) is 3.93. The molecular formula is C19H22F2N2O2. The van der Waals surface area contributed by atoms with E-state index in [1.54, 1.807) is 6.92 Å². The molecule has 25 heavy (non-hydrogen) atoms. The van der Waals surface area contributed by atoms with Gasteiger partial charge < -0.3 is 15.3 Å². The average molecular weight is 348 g/mol. The Bertz CT molecular complexity index is 695. The van der Waals surface area contributed by atoms with Gasteiger partial charge in [0.2, 0.25) is 0 Å². The number of aliphatic hydroxyl groups excluding tert-OH is 1. The fourth-order valence-corrected chi connectivity index (χ4v) is 2.54. The summed E-state index contributed by atoms with van der Waals surface area (Å²) in [6, 6.07) is 12.5. The van der Waals surface area contributed by atoms with Crippen molar-refractivity contribution >= 4 is 6.03 Å². The van der Waals surface area contributed by atoms with Crippen molar-refractivity contribution in [3.8, 4) is 0 Å². The molecule has 6 heteroatoms. The molecule has 0 bridgehead atoms. The molecule has 4 nitrogen and oxygen atoms in total. The zero-order chi connectivity index (χ0) is 18.2. The van der Waals surface area contributed by atoms with E-state index in [0.717, 1.165) is 11.6 Å². The predicted octanol–water partition coefficient (Wildman–Crippen LogP) is 3.27. The van der Waals surface area contributed by atoms with E-state index in [2.05, 4.69) is 5.32 Å². The van der Waals surface area contributed by atoms with Gasteiger partial charge in [0.15, 0.2) is 0 Å². The zero-order valence-electron chi connectivity index (χ0n) is 14.1. The van der Waals surface area contributed by atoms with Gasteiger partial charge in [-0.1, -0.05) is 43.3 Å². The number of carbonyl (C=O) groups excluding carboxylic acids is 1. The van der Waals surface area contributed by atoms with Crippen molar-refractivity contribution in [1.82, 2.24) is 10.2 Å². The maximum Gasteiger partial charge on any atom is 0.317 e. The van der Waals surface area contributed by atoms with Crippen LogP contribution in [0.2, 0.25) is 0 Å². The smallest absolute Gasteiger partial charge is 0.317 e. The first-order valence-electron chi connectivity index (χ1n) is 8.13. The van der Waals surface area contributed by atoms with Gasteiger partial charge >= 0.3 is 6.03 Å². The quantitative estimate of drug-likeness (QED) is 0.807. The minimum Gasteiger partial charge on any atom is -0.395 e. The third-order valence-corrected chi connectivity index (χ3v) is 3.93. The summed E-state index contributed by atoms with van der Waals surface area (Å²) in [7, 11) is 0. The van der Waals surface area contributed by atoms with Crippen LogP contribution in [-0.4, -0.2) is 35.7 Å². The molecule has 1 atom stereocenters. The molecule has 0 saturated carbocycles. The normalized spacial score (nSPS) is 11.8. The van der Waals surface area contributed by atoms with Crippen LogP contribution in [0.1, 0.15) is 24.0 Å². The van der Waals surface area contributed by atoms with E-state index < -0.39 is 11.6 Å². The molecule has 2 rings (SSSR count). The molecule has 1 unspecified atom stereocenters. The first kappa shape index (κ1) is 18.9. The van der Waals surface area contributed by atoms with Gasteiger partial charge in [0.25, 0.3) is 0 Å². The lowest BCUT2D eigenvalue weighted by atomic mass is 10.0. The summed E-state index contributed by atoms with van der Waals surface area (Å²) in [5, 5.41) is 11.9. The molecule has 0 aliphatic rings. The molecule has 0 aliphatic heterocycles. The largest absolute Gasteiger partial charge is 0.395 e. The van der Waals surface area contributed by atoms with Crippen molar-refractivity contribution in [3.63, 3.8) is 0 Å². The molecule has 0 spiro atoms. The number of hydrogen-bond acceptors (Lipinski definition) is 2. The molecular weight excluding hydrogens is 326 g/mol. The molecule has 2 aromatic carbocycles. The topological polar surface area (TPSA) is 52.6 Å². The Hall–Kier alpha value is -2.47. The number of benzene rings is 2. The van der Waals surface area contributed by atoms with Crippen LogP contribution in [0.4, 0.5) is 13.6 Å². The summed E-state index contributed by atoms with van der Waals surface area (Å²) in [4.78, 5) is 13.9. The van der Waals surface area contributed by atoms with Crippen LogP contribution in [0.25, 0.3) is 0 Å². The molecule has 0 fully saturated rings. The first-order chi connectivity index (χ1) is 12.0. The van der Waals surface area contributed by atoms with E-state index in [9.17, 15) is 18.7 Å². The number of carbonyl (C=O) groups is 1. The molecule has 0 aliphatic carbocycles. The van der Waals surface area contributed by atoms with Crippen LogP contribution in [0.3, 0.4) is 0 Å². The fourth-order valence-electron chi connectivity index (χ4n) is 2.54. The molecule has 134 valence electrons. The van der Waals surface area contributed by atoms with Gasteiger partial charge in [-0.25, -0.2) is 13.6 Å². The Morgan fingerprint density at radius 3 is 2.56 bits per heavy atom. The van der Waals surface area contributed by atoms with Crippen LogP contribution < -0.4 is 5.32 Å². The molecule has 0 radical (unpaired) electrons. The number of hydrogen-bond donors (Lipinski definition) is 2. The van der Waals surface area contributed by atoms with E-state index in [1.807, 2.05) is 30.3 Å². The van der Waals surface area contributed by atoms with Crippen molar-refractivity contribution in [2.24, 2.45) is 0 Å². The monoisotopic (exact) mass is 348 g/mol. The summed E-state index contributed by atoms with van der Waals surface area (Å²) in [6.07, 6.45) is 0. The van der Waals surface area contributed by atoms with Crippen LogP contribution >= 0.6 is 0 Å². The van der Waals surface area contributed by atoms with E-state index in [-0.39, 0.29) is 31.6 Å². The van der Waals surface area contributed by atoms with E-state index in [4.69, 9.17) is 0 Å². The minimum absolute atomic E-state index is 0.150. The number of halogens is 2. The Morgan fingerprint density at radius 2 is 1.92 bits per heavy atom. The van der Waals surface area contributed by atoms with Crippen molar-refractivity contribution in [2.75, 3.05) is 19.7 Å². The SMILES string of the molecule is CC(CNC(=O)N(CCO)Cc1ccccc1)c1ccc(F)cc1F. The highest BCUT2D eigenvalue weighted by atomic mass is 19.1. The zero-order valence-corrected chi connectivity index (χ0v) is 14.1. The maximum atomic E-state index is 13.8. The number of nitrogens with one attached hydrogen (secondary N) is 1. The van der Waals surface area contributed by atoms with Gasteiger partial charge in [-0.2, -0.15) is 0 Å². The number of nitrogens with zero attached hydrogens (tertiary/aromatic N) is 1. The number of rotatable bonds is 7. The van der Waals surface area contributed by atoms with Crippen LogP contribution in [0, 0.1) is 11.6 Å². The first-order valence-corrected chi connectivity index (χ1v) is 8.13. The van der Waals surface area contributed by atoms with Crippen molar-refractivity contribution in [3.05, 3.63) is 71.3 Å². The second-order valence-corrected chi connectivity index (χ2v) is 5.88. The lowest BCUT2D eigenvalue weighted by Crippen LogP contribution is -2.42. The van der Waals surface area contributed by atoms with Gasteiger partial charge in [0.1, 0.15) is 11.6 Å². The predicted molar refractivity (Wildman–Crippen MR) is 92.1 cm³/mol. The summed E-state index contributed by atoms with van der Waals surface area (Å²) in [5.74, 6) is -1.56. The molecule has 0 aromatic heterocycles. The van der Waals surface area contributed by atoms with Crippen LogP contribution in [-0.2, 0) is 6.54 Å². The summed E-state index contributed by atoms with van der Waals surface area (Å²) in [6.45, 7) is 2.37. The molecule has 2 aromatic rings. The second kappa shape index (κ2) is 9.13. The summed E-state index contributed by atoms with van der Waals surface area (Å²) >= 11 is 0.